The van der Waals surface area contributed by atoms with E-state index < -0.39 is 17.5 Å². The number of carboxylic acid groups (broad SMARTS) is 1. The van der Waals surface area contributed by atoms with Gasteiger partial charge in [-0.2, -0.15) is 0 Å². The van der Waals surface area contributed by atoms with Gasteiger partial charge in [-0.3, -0.25) is 4.90 Å². The van der Waals surface area contributed by atoms with E-state index in [0.717, 1.165) is 0 Å². The quantitative estimate of drug-likeness (QED) is 0.727. The number of urea groups is 1. The van der Waals surface area contributed by atoms with Gasteiger partial charge in [0, 0.05) is 45.0 Å². The molecule has 3 amide bonds. The molecular weight excluding hydrogens is 427 g/mol. The summed E-state index contributed by atoms with van der Waals surface area (Å²) < 4.78 is 19.5. The Hall–Kier alpha value is -2.10. The first-order chi connectivity index (χ1) is 14.5. The second-order valence-corrected chi connectivity index (χ2v) is 9.53. The van der Waals surface area contributed by atoms with Crippen LogP contribution >= 0.6 is 11.6 Å². The lowest BCUT2D eigenvalue weighted by Gasteiger charge is -2.52. The fraction of sp³-hybridized carbons (Fsp3) is 0.619. The molecule has 0 bridgehead atoms. The zero-order chi connectivity index (χ0) is 22.8. The lowest BCUT2D eigenvalue weighted by Crippen LogP contribution is -2.65. The number of nitrogens with one attached hydrogen (secondary N) is 1. The van der Waals surface area contributed by atoms with Crippen molar-refractivity contribution in [3.05, 3.63) is 29.0 Å². The number of morpholine rings is 1. The summed E-state index contributed by atoms with van der Waals surface area (Å²) in [5.41, 5.74) is -0.453. The summed E-state index contributed by atoms with van der Waals surface area (Å²) in [6.07, 6.45) is -0.931. The van der Waals surface area contributed by atoms with Crippen LogP contribution in [0.3, 0.4) is 0 Å². The normalized spacial score (nSPS) is 23.0. The van der Waals surface area contributed by atoms with E-state index in [2.05, 4.69) is 31.0 Å². The van der Waals surface area contributed by atoms with E-state index in [9.17, 15) is 19.1 Å². The molecule has 1 aromatic rings. The van der Waals surface area contributed by atoms with Gasteiger partial charge in [0.2, 0.25) is 0 Å². The highest BCUT2D eigenvalue weighted by Gasteiger charge is 2.48. The minimum atomic E-state index is -0.931. The lowest BCUT2D eigenvalue weighted by molar-refractivity contribution is -0.171. The molecule has 2 heterocycles. The van der Waals surface area contributed by atoms with Gasteiger partial charge >= 0.3 is 12.1 Å². The van der Waals surface area contributed by atoms with Crippen LogP contribution in [0.25, 0.3) is 0 Å². The summed E-state index contributed by atoms with van der Waals surface area (Å²) in [6, 6.07) is 3.80. The molecule has 0 saturated carbocycles. The molecule has 2 N–H and O–H groups in total. The van der Waals surface area contributed by atoms with Crippen LogP contribution in [0.15, 0.2) is 18.2 Å². The van der Waals surface area contributed by atoms with Crippen molar-refractivity contribution in [2.24, 2.45) is 5.41 Å². The summed E-state index contributed by atoms with van der Waals surface area (Å²) in [7, 11) is 0. The second-order valence-electron chi connectivity index (χ2n) is 9.12. The van der Waals surface area contributed by atoms with Crippen LogP contribution in [0.1, 0.15) is 20.8 Å². The first kappa shape index (κ1) is 23.6. The zero-order valence-electron chi connectivity index (χ0n) is 18.2. The summed E-state index contributed by atoms with van der Waals surface area (Å²) in [6.45, 7) is 10.2. The van der Waals surface area contributed by atoms with E-state index in [-0.39, 0.29) is 16.5 Å². The maximum absolute atomic E-state index is 13.3. The van der Waals surface area contributed by atoms with Gasteiger partial charge in [-0.1, -0.05) is 32.4 Å². The molecule has 1 aromatic carbocycles. The molecule has 8 nitrogen and oxygen atoms in total. The second kappa shape index (κ2) is 9.18. The van der Waals surface area contributed by atoms with Gasteiger partial charge in [0.25, 0.3) is 0 Å². The Labute approximate surface area is 186 Å². The third-order valence-electron chi connectivity index (χ3n) is 6.13. The van der Waals surface area contributed by atoms with Crippen molar-refractivity contribution in [1.29, 1.82) is 0 Å². The maximum Gasteiger partial charge on any atom is 0.407 e. The molecule has 31 heavy (non-hydrogen) atoms. The number of rotatable bonds is 3. The zero-order valence-corrected chi connectivity index (χ0v) is 18.9. The van der Waals surface area contributed by atoms with Crippen LogP contribution in [0.2, 0.25) is 5.02 Å². The van der Waals surface area contributed by atoms with Gasteiger partial charge in [-0.05, 0) is 23.6 Å². The lowest BCUT2D eigenvalue weighted by atomic mass is 9.74. The van der Waals surface area contributed by atoms with E-state index in [1.807, 2.05) is 0 Å². The number of piperazine rings is 1. The third-order valence-corrected chi connectivity index (χ3v) is 6.42. The van der Waals surface area contributed by atoms with Crippen LogP contribution < -0.4 is 5.32 Å². The Bertz CT molecular complexity index is 826. The van der Waals surface area contributed by atoms with Gasteiger partial charge in [-0.15, -0.1) is 0 Å². The molecule has 0 aliphatic carbocycles. The molecule has 3 rings (SSSR count). The van der Waals surface area contributed by atoms with Gasteiger partial charge in [0.15, 0.2) is 0 Å². The monoisotopic (exact) mass is 456 g/mol. The predicted molar refractivity (Wildman–Crippen MR) is 116 cm³/mol. The van der Waals surface area contributed by atoms with Crippen LogP contribution in [-0.2, 0) is 4.74 Å². The highest BCUT2D eigenvalue weighted by Crippen LogP contribution is 2.37. The summed E-state index contributed by atoms with van der Waals surface area (Å²) >= 11 is 5.78. The van der Waals surface area contributed by atoms with Crippen molar-refractivity contribution in [2.75, 3.05) is 57.7 Å². The average molecular weight is 457 g/mol. The Morgan fingerprint density at radius 1 is 1.19 bits per heavy atom. The Morgan fingerprint density at radius 3 is 2.45 bits per heavy atom. The Kier molecular flexibility index (Phi) is 6.98. The number of nitrogens with zero attached hydrogens (tertiary/aromatic N) is 3. The molecule has 172 valence electrons. The number of halogens is 2. The summed E-state index contributed by atoms with van der Waals surface area (Å²) in [5.74, 6) is -0.535. The number of anilines is 1. The Balaban J connectivity index is 1.59. The van der Waals surface area contributed by atoms with Crippen molar-refractivity contribution in [3.63, 3.8) is 0 Å². The minimum absolute atomic E-state index is 0.0435. The number of carbonyl (C=O) groups is 2. The van der Waals surface area contributed by atoms with Crippen LogP contribution in [0.5, 0.6) is 0 Å². The van der Waals surface area contributed by atoms with Gasteiger partial charge in [0.05, 0.1) is 18.2 Å². The van der Waals surface area contributed by atoms with E-state index in [4.69, 9.17) is 16.3 Å². The van der Waals surface area contributed by atoms with Gasteiger partial charge in [-0.25, -0.2) is 14.0 Å². The van der Waals surface area contributed by atoms with Crippen molar-refractivity contribution < 1.29 is 23.8 Å². The van der Waals surface area contributed by atoms with E-state index in [1.165, 1.54) is 23.1 Å². The number of amides is 3. The van der Waals surface area contributed by atoms with Crippen molar-refractivity contribution >= 4 is 29.4 Å². The van der Waals surface area contributed by atoms with Crippen LogP contribution in [-0.4, -0.2) is 90.0 Å². The van der Waals surface area contributed by atoms with Crippen LogP contribution in [0, 0.1) is 11.2 Å². The molecule has 2 aliphatic rings. The fourth-order valence-corrected chi connectivity index (χ4v) is 4.16. The molecule has 2 aliphatic heterocycles. The van der Waals surface area contributed by atoms with E-state index in [0.29, 0.717) is 58.1 Å². The molecule has 2 saturated heterocycles. The van der Waals surface area contributed by atoms with Crippen molar-refractivity contribution in [1.82, 2.24) is 14.7 Å². The number of benzene rings is 1. The Morgan fingerprint density at radius 2 is 1.87 bits per heavy atom. The third kappa shape index (κ3) is 5.39. The van der Waals surface area contributed by atoms with Gasteiger partial charge < -0.3 is 25.0 Å². The number of ether oxygens (including phenoxy) is 1. The predicted octanol–water partition coefficient (Wildman–Crippen LogP) is 3.42. The largest absolute Gasteiger partial charge is 0.465 e. The van der Waals surface area contributed by atoms with Crippen molar-refractivity contribution in [2.45, 2.75) is 26.4 Å². The first-order valence-corrected chi connectivity index (χ1v) is 10.7. The average Bonchev–Trinajstić information content (AvgIpc) is 2.70. The summed E-state index contributed by atoms with van der Waals surface area (Å²) in [5, 5.41) is 12.2. The highest BCUT2D eigenvalue weighted by molar-refractivity contribution is 6.31. The fourth-order valence-electron chi connectivity index (χ4n) is 3.98. The topological polar surface area (TPSA) is 85.4 Å². The number of hydrogen-bond donors (Lipinski definition) is 2. The SMILES string of the molecule is CC(C)(C)[C@]1(CN2CCN(C(=O)Nc3ccc(F)c(Cl)c3)CC2)CN(C(=O)O)CCO1. The molecule has 0 aromatic heterocycles. The molecule has 0 unspecified atom stereocenters. The summed E-state index contributed by atoms with van der Waals surface area (Å²) in [4.78, 5) is 29.4. The maximum atomic E-state index is 13.3. The smallest absolute Gasteiger partial charge is 0.407 e. The molecule has 0 spiro atoms. The molecular formula is C21H30ClFN4O4. The molecule has 2 fully saturated rings. The van der Waals surface area contributed by atoms with Crippen LogP contribution in [0.4, 0.5) is 19.7 Å². The number of carbonyl (C=O) groups excluding carboxylic acids is 1. The molecule has 10 heteroatoms. The van der Waals surface area contributed by atoms with E-state index >= 15 is 0 Å². The minimum Gasteiger partial charge on any atom is -0.465 e. The van der Waals surface area contributed by atoms with E-state index in [1.54, 1.807) is 4.90 Å². The van der Waals surface area contributed by atoms with Gasteiger partial charge in [0.1, 0.15) is 11.4 Å². The first-order valence-electron chi connectivity index (χ1n) is 10.4. The van der Waals surface area contributed by atoms with Crippen molar-refractivity contribution in [3.8, 4) is 0 Å². The highest BCUT2D eigenvalue weighted by atomic mass is 35.5. The standard InChI is InChI=1S/C21H30ClFN4O4/c1-20(2,3)21(14-27(19(29)30)10-11-31-21)13-25-6-8-26(9-7-25)18(28)24-15-4-5-17(23)16(22)12-15/h4-5,12H,6-11,13-14H2,1-3H3,(H,24,28)(H,29,30)/t21-/m0/s1. The molecule has 1 atom stereocenters. The number of hydrogen-bond acceptors (Lipinski definition) is 4. The molecule has 0 radical (unpaired) electrons.